The highest BCUT2D eigenvalue weighted by Gasteiger charge is 2.35. The van der Waals surface area contributed by atoms with Gasteiger partial charge in [-0.05, 0) is 51.4 Å². The Morgan fingerprint density at radius 3 is 2.52 bits per heavy atom. The molecule has 1 saturated carbocycles. The fraction of sp³-hybridized carbons (Fsp3) is 0.650. The van der Waals surface area contributed by atoms with E-state index in [1.165, 1.54) is 0 Å². The highest BCUT2D eigenvalue weighted by Crippen LogP contribution is 2.30. The molecule has 1 aromatic rings. The SMILES string of the molecule is CN1CCC(NC(=O)N(Cc2ccccc2)CC2(O)CCCC2)CC1. The number of nitrogens with zero attached hydrogens (tertiary/aromatic N) is 2. The number of urea groups is 1. The number of carbonyl (C=O) groups is 1. The first-order chi connectivity index (χ1) is 12.0. The lowest BCUT2D eigenvalue weighted by Crippen LogP contribution is -2.52. The van der Waals surface area contributed by atoms with Gasteiger partial charge in [-0.3, -0.25) is 0 Å². The van der Waals surface area contributed by atoms with Crippen LogP contribution >= 0.6 is 0 Å². The van der Waals surface area contributed by atoms with Crippen LogP contribution < -0.4 is 5.32 Å². The molecule has 0 bridgehead atoms. The topological polar surface area (TPSA) is 55.8 Å². The molecule has 1 heterocycles. The zero-order valence-corrected chi connectivity index (χ0v) is 15.3. The summed E-state index contributed by atoms with van der Waals surface area (Å²) in [5.74, 6) is 0. The molecule has 1 aliphatic carbocycles. The summed E-state index contributed by atoms with van der Waals surface area (Å²) < 4.78 is 0. The van der Waals surface area contributed by atoms with Gasteiger partial charge in [0.2, 0.25) is 0 Å². The minimum atomic E-state index is -0.723. The maximum Gasteiger partial charge on any atom is 0.318 e. The van der Waals surface area contributed by atoms with Crippen LogP contribution in [0.4, 0.5) is 4.79 Å². The molecule has 138 valence electrons. The summed E-state index contributed by atoms with van der Waals surface area (Å²) >= 11 is 0. The number of rotatable bonds is 5. The van der Waals surface area contributed by atoms with Crippen LogP contribution in [0, 0.1) is 0 Å². The van der Waals surface area contributed by atoms with Crippen molar-refractivity contribution in [3.63, 3.8) is 0 Å². The highest BCUT2D eigenvalue weighted by molar-refractivity contribution is 5.74. The first-order valence-electron chi connectivity index (χ1n) is 9.54. The van der Waals surface area contributed by atoms with Crippen LogP contribution in [0.25, 0.3) is 0 Å². The molecule has 1 aliphatic heterocycles. The van der Waals surface area contributed by atoms with Crippen molar-refractivity contribution in [1.82, 2.24) is 15.1 Å². The van der Waals surface area contributed by atoms with Gasteiger partial charge in [-0.15, -0.1) is 0 Å². The second kappa shape index (κ2) is 8.19. The van der Waals surface area contributed by atoms with Crippen LogP contribution in [-0.2, 0) is 6.54 Å². The zero-order chi connectivity index (χ0) is 17.7. The quantitative estimate of drug-likeness (QED) is 0.862. The van der Waals surface area contributed by atoms with E-state index in [4.69, 9.17) is 0 Å². The molecule has 0 spiro atoms. The number of amides is 2. The molecule has 1 aromatic carbocycles. The Labute approximate surface area is 151 Å². The number of benzene rings is 1. The molecule has 2 amide bonds. The first kappa shape index (κ1) is 18.2. The van der Waals surface area contributed by atoms with E-state index in [1.54, 1.807) is 4.90 Å². The number of aliphatic hydroxyl groups is 1. The number of piperidine rings is 1. The summed E-state index contributed by atoms with van der Waals surface area (Å²) in [7, 11) is 2.12. The summed E-state index contributed by atoms with van der Waals surface area (Å²) in [5, 5.41) is 14.0. The van der Waals surface area contributed by atoms with Crippen LogP contribution in [0.2, 0.25) is 0 Å². The summed E-state index contributed by atoms with van der Waals surface area (Å²) in [5.41, 5.74) is 0.376. The van der Waals surface area contributed by atoms with E-state index >= 15 is 0 Å². The number of nitrogens with one attached hydrogen (secondary N) is 1. The van der Waals surface area contributed by atoms with E-state index in [9.17, 15) is 9.90 Å². The number of hydrogen-bond donors (Lipinski definition) is 2. The maximum absolute atomic E-state index is 12.9. The summed E-state index contributed by atoms with van der Waals surface area (Å²) in [6.45, 7) is 3.00. The van der Waals surface area contributed by atoms with Gasteiger partial charge >= 0.3 is 6.03 Å². The highest BCUT2D eigenvalue weighted by atomic mass is 16.3. The third kappa shape index (κ3) is 5.19. The van der Waals surface area contributed by atoms with Gasteiger partial charge in [-0.2, -0.15) is 0 Å². The Morgan fingerprint density at radius 2 is 1.88 bits per heavy atom. The van der Waals surface area contributed by atoms with Gasteiger partial charge in [-0.25, -0.2) is 4.79 Å². The van der Waals surface area contributed by atoms with E-state index in [1.807, 2.05) is 30.3 Å². The van der Waals surface area contributed by atoms with Crippen molar-refractivity contribution in [2.45, 2.75) is 56.7 Å². The molecule has 5 nitrogen and oxygen atoms in total. The minimum absolute atomic E-state index is 0.0428. The van der Waals surface area contributed by atoms with Gasteiger partial charge in [0, 0.05) is 12.6 Å². The summed E-state index contributed by atoms with van der Waals surface area (Å²) in [4.78, 5) is 17.0. The van der Waals surface area contributed by atoms with E-state index in [2.05, 4.69) is 17.3 Å². The first-order valence-corrected chi connectivity index (χ1v) is 9.54. The molecule has 0 aromatic heterocycles. The molecule has 5 heteroatoms. The van der Waals surface area contributed by atoms with Crippen molar-refractivity contribution in [2.75, 3.05) is 26.7 Å². The summed E-state index contributed by atoms with van der Waals surface area (Å²) in [6, 6.07) is 10.2. The van der Waals surface area contributed by atoms with Crippen molar-refractivity contribution >= 4 is 6.03 Å². The molecular formula is C20H31N3O2. The zero-order valence-electron chi connectivity index (χ0n) is 15.3. The average molecular weight is 345 g/mol. The Morgan fingerprint density at radius 1 is 1.24 bits per heavy atom. The lowest BCUT2D eigenvalue weighted by molar-refractivity contribution is 0.0169. The van der Waals surface area contributed by atoms with Crippen molar-refractivity contribution in [1.29, 1.82) is 0 Å². The molecule has 2 N–H and O–H groups in total. The van der Waals surface area contributed by atoms with Gasteiger partial charge in [0.25, 0.3) is 0 Å². The summed E-state index contributed by atoms with van der Waals surface area (Å²) in [6.07, 6.45) is 5.66. The van der Waals surface area contributed by atoms with E-state index in [0.717, 1.165) is 57.2 Å². The Hall–Kier alpha value is -1.59. The molecule has 0 atom stereocenters. The van der Waals surface area contributed by atoms with Crippen molar-refractivity contribution < 1.29 is 9.90 Å². The molecule has 1 saturated heterocycles. The smallest absolute Gasteiger partial charge is 0.318 e. The predicted octanol–water partition coefficient (Wildman–Crippen LogP) is 2.60. The Balaban J connectivity index is 1.65. The average Bonchev–Trinajstić information content (AvgIpc) is 3.03. The van der Waals surface area contributed by atoms with Gasteiger partial charge in [0.15, 0.2) is 0 Å². The molecular weight excluding hydrogens is 314 g/mol. The van der Waals surface area contributed by atoms with Crippen LogP contribution in [-0.4, -0.2) is 59.3 Å². The number of likely N-dealkylation sites (tertiary alicyclic amines) is 1. The minimum Gasteiger partial charge on any atom is -0.388 e. The maximum atomic E-state index is 12.9. The fourth-order valence-corrected chi connectivity index (χ4v) is 3.97. The second-order valence-corrected chi connectivity index (χ2v) is 7.80. The van der Waals surface area contributed by atoms with Gasteiger partial charge < -0.3 is 20.2 Å². The molecule has 2 fully saturated rings. The van der Waals surface area contributed by atoms with E-state index in [0.29, 0.717) is 13.1 Å². The molecule has 3 rings (SSSR count). The van der Waals surface area contributed by atoms with Crippen molar-refractivity contribution in [3.05, 3.63) is 35.9 Å². The molecule has 25 heavy (non-hydrogen) atoms. The number of hydrogen-bond acceptors (Lipinski definition) is 3. The van der Waals surface area contributed by atoms with Crippen LogP contribution in [0.1, 0.15) is 44.1 Å². The van der Waals surface area contributed by atoms with Crippen LogP contribution in [0.3, 0.4) is 0 Å². The van der Waals surface area contributed by atoms with Gasteiger partial charge in [0.05, 0.1) is 12.1 Å². The predicted molar refractivity (Wildman–Crippen MR) is 99.3 cm³/mol. The van der Waals surface area contributed by atoms with Gasteiger partial charge in [0.1, 0.15) is 0 Å². The van der Waals surface area contributed by atoms with Crippen molar-refractivity contribution in [3.8, 4) is 0 Å². The van der Waals surface area contributed by atoms with E-state index in [-0.39, 0.29) is 12.1 Å². The molecule has 0 unspecified atom stereocenters. The Bertz CT molecular complexity index is 549. The molecule has 2 aliphatic rings. The van der Waals surface area contributed by atoms with Crippen molar-refractivity contribution in [2.24, 2.45) is 0 Å². The number of carbonyl (C=O) groups excluding carboxylic acids is 1. The lowest BCUT2D eigenvalue weighted by Gasteiger charge is -2.35. The normalized spacial score (nSPS) is 21.2. The third-order valence-corrected chi connectivity index (χ3v) is 5.57. The standard InChI is InChI=1S/C20H31N3O2/c1-22-13-9-18(10-14-22)21-19(24)23(15-17-7-3-2-4-8-17)16-20(25)11-5-6-12-20/h2-4,7-8,18,25H,5-6,9-16H2,1H3,(H,21,24). The Kier molecular flexibility index (Phi) is 5.97. The molecule has 0 radical (unpaired) electrons. The van der Waals surface area contributed by atoms with E-state index < -0.39 is 5.60 Å². The van der Waals surface area contributed by atoms with Gasteiger partial charge in [-0.1, -0.05) is 43.2 Å². The van der Waals surface area contributed by atoms with Crippen LogP contribution in [0.5, 0.6) is 0 Å². The fourth-order valence-electron chi connectivity index (χ4n) is 3.97. The van der Waals surface area contributed by atoms with Crippen LogP contribution in [0.15, 0.2) is 30.3 Å². The second-order valence-electron chi connectivity index (χ2n) is 7.80. The largest absolute Gasteiger partial charge is 0.388 e. The monoisotopic (exact) mass is 345 g/mol. The third-order valence-electron chi connectivity index (χ3n) is 5.57. The lowest BCUT2D eigenvalue weighted by atomic mass is 10.0.